The van der Waals surface area contributed by atoms with Crippen molar-refractivity contribution in [3.8, 4) is 0 Å². The van der Waals surface area contributed by atoms with Crippen molar-refractivity contribution in [3.05, 3.63) is 70.0 Å². The second kappa shape index (κ2) is 10.8. The van der Waals surface area contributed by atoms with Gasteiger partial charge in [-0.05, 0) is 63.4 Å². The van der Waals surface area contributed by atoms with Crippen LogP contribution in [0.25, 0.3) is 11.0 Å². The molecule has 3 heterocycles. The van der Waals surface area contributed by atoms with Gasteiger partial charge in [0.2, 0.25) is 5.91 Å². The summed E-state index contributed by atoms with van der Waals surface area (Å²) in [4.78, 5) is 36.1. The monoisotopic (exact) mass is 487 g/mol. The van der Waals surface area contributed by atoms with Gasteiger partial charge in [-0.1, -0.05) is 48.9 Å². The zero-order valence-electron chi connectivity index (χ0n) is 21.4. The summed E-state index contributed by atoms with van der Waals surface area (Å²) in [5.41, 5.74) is 3.80. The van der Waals surface area contributed by atoms with Crippen molar-refractivity contribution < 1.29 is 4.79 Å². The van der Waals surface area contributed by atoms with Crippen LogP contribution in [-0.2, 0) is 11.3 Å². The summed E-state index contributed by atoms with van der Waals surface area (Å²) in [6.07, 6.45) is 4.06. The number of carbonyl (C=O) groups is 1. The Bertz CT molecular complexity index is 1270. The quantitative estimate of drug-likeness (QED) is 0.552. The van der Waals surface area contributed by atoms with Gasteiger partial charge in [0.25, 0.3) is 5.56 Å². The summed E-state index contributed by atoms with van der Waals surface area (Å²) in [5.74, 6) is 0.420. The number of aromatic nitrogens is 2. The van der Waals surface area contributed by atoms with E-state index in [1.807, 2.05) is 33.7 Å². The number of aryl methyl sites for hydroxylation is 1. The molecule has 0 unspecified atom stereocenters. The number of likely N-dealkylation sites (N-methyl/N-ethyl adjacent to an activating group) is 1. The third kappa shape index (κ3) is 5.16. The van der Waals surface area contributed by atoms with Gasteiger partial charge in [0.15, 0.2) is 5.82 Å². The van der Waals surface area contributed by atoms with E-state index in [1.165, 1.54) is 12.0 Å². The molecule has 3 aromatic rings. The second-order valence-corrected chi connectivity index (χ2v) is 10.3. The molecule has 2 saturated heterocycles. The molecule has 0 spiro atoms. The number of amides is 1. The maximum atomic E-state index is 13.8. The van der Waals surface area contributed by atoms with Crippen molar-refractivity contribution in [2.24, 2.45) is 5.92 Å². The van der Waals surface area contributed by atoms with Crippen LogP contribution in [0.15, 0.2) is 53.3 Å². The summed E-state index contributed by atoms with van der Waals surface area (Å²) in [7, 11) is 0. The number of anilines is 1. The number of likely N-dealkylation sites (tertiary alicyclic amines) is 1. The molecule has 5 rings (SSSR count). The molecule has 1 aromatic heterocycles. The fraction of sp³-hybridized carbons (Fsp3) is 0.483. The van der Waals surface area contributed by atoms with Gasteiger partial charge < -0.3 is 10.2 Å². The predicted molar refractivity (Wildman–Crippen MR) is 144 cm³/mol. The van der Waals surface area contributed by atoms with Gasteiger partial charge in [-0.15, -0.1) is 0 Å². The van der Waals surface area contributed by atoms with Crippen LogP contribution in [0.2, 0.25) is 0 Å². The largest absolute Gasteiger partial charge is 0.354 e. The van der Waals surface area contributed by atoms with Crippen LogP contribution in [-0.4, -0.2) is 59.1 Å². The number of piperidine rings is 1. The number of fused-ring (bicyclic) bond motifs is 1. The van der Waals surface area contributed by atoms with Gasteiger partial charge in [0, 0.05) is 25.7 Å². The molecule has 7 nitrogen and oxygen atoms in total. The Labute approximate surface area is 213 Å². The Morgan fingerprint density at radius 3 is 2.64 bits per heavy atom. The first-order chi connectivity index (χ1) is 17.5. The highest BCUT2D eigenvalue weighted by Crippen LogP contribution is 2.23. The van der Waals surface area contributed by atoms with Crippen LogP contribution < -0.4 is 15.8 Å². The van der Waals surface area contributed by atoms with E-state index in [0.29, 0.717) is 31.5 Å². The molecule has 2 aliphatic heterocycles. The Hall–Kier alpha value is -3.19. The number of nitrogens with one attached hydrogen (secondary N) is 1. The highest BCUT2D eigenvalue weighted by molar-refractivity contribution is 5.80. The van der Waals surface area contributed by atoms with Crippen molar-refractivity contribution in [1.82, 2.24) is 19.8 Å². The molecule has 0 radical (unpaired) electrons. The molecule has 0 saturated carbocycles. The molecule has 2 aromatic carbocycles. The van der Waals surface area contributed by atoms with E-state index in [2.05, 4.69) is 48.3 Å². The predicted octanol–water partition coefficient (Wildman–Crippen LogP) is 3.57. The minimum absolute atomic E-state index is 0.0973. The fourth-order valence-corrected chi connectivity index (χ4v) is 5.71. The number of carbonyl (C=O) groups excluding carboxylic acids is 1. The van der Waals surface area contributed by atoms with Gasteiger partial charge in [0.1, 0.15) is 0 Å². The SMILES string of the molecule is CCN1CCC[C@H]1CNC(=O)[C@@H]1CCCN(c2nc3ccccc3n(Cc3ccc(C)cc3)c2=O)C1. The lowest BCUT2D eigenvalue weighted by Gasteiger charge is -2.33. The van der Waals surface area contributed by atoms with E-state index >= 15 is 0 Å². The summed E-state index contributed by atoms with van der Waals surface area (Å²) in [5, 5.41) is 3.21. The molecule has 0 bridgehead atoms. The second-order valence-electron chi connectivity index (χ2n) is 10.3. The van der Waals surface area contributed by atoms with E-state index in [9.17, 15) is 9.59 Å². The van der Waals surface area contributed by atoms with Crippen molar-refractivity contribution in [2.45, 2.75) is 52.1 Å². The number of para-hydroxylation sites is 2. The molecule has 7 heteroatoms. The zero-order valence-corrected chi connectivity index (χ0v) is 21.4. The lowest BCUT2D eigenvalue weighted by molar-refractivity contribution is -0.125. The average molecular weight is 488 g/mol. The number of hydrogen-bond acceptors (Lipinski definition) is 5. The Kier molecular flexibility index (Phi) is 7.37. The van der Waals surface area contributed by atoms with Gasteiger partial charge in [0.05, 0.1) is 23.5 Å². The molecule has 190 valence electrons. The molecule has 2 atom stereocenters. The first-order valence-corrected chi connectivity index (χ1v) is 13.4. The minimum Gasteiger partial charge on any atom is -0.354 e. The van der Waals surface area contributed by atoms with E-state index in [4.69, 9.17) is 4.98 Å². The van der Waals surface area contributed by atoms with E-state index in [-0.39, 0.29) is 17.4 Å². The number of benzene rings is 2. The minimum atomic E-state index is -0.131. The van der Waals surface area contributed by atoms with Gasteiger partial charge >= 0.3 is 0 Å². The molecule has 2 aliphatic rings. The molecule has 2 fully saturated rings. The molecule has 36 heavy (non-hydrogen) atoms. The highest BCUT2D eigenvalue weighted by Gasteiger charge is 2.30. The zero-order chi connectivity index (χ0) is 25.1. The summed E-state index contributed by atoms with van der Waals surface area (Å²) >= 11 is 0. The van der Waals surface area contributed by atoms with E-state index in [1.54, 1.807) is 0 Å². The maximum absolute atomic E-state index is 13.8. The van der Waals surface area contributed by atoms with Gasteiger partial charge in [-0.2, -0.15) is 0 Å². The summed E-state index contributed by atoms with van der Waals surface area (Å²) < 4.78 is 1.82. The van der Waals surface area contributed by atoms with Crippen molar-refractivity contribution in [2.75, 3.05) is 37.6 Å². The molecular formula is C29H37N5O2. The first kappa shape index (κ1) is 24.5. The normalized spacial score (nSPS) is 20.7. The highest BCUT2D eigenvalue weighted by atomic mass is 16.2. The van der Waals surface area contributed by atoms with Crippen LogP contribution in [0, 0.1) is 12.8 Å². The van der Waals surface area contributed by atoms with Crippen molar-refractivity contribution in [3.63, 3.8) is 0 Å². The van der Waals surface area contributed by atoms with E-state index < -0.39 is 0 Å². The fourth-order valence-electron chi connectivity index (χ4n) is 5.71. The van der Waals surface area contributed by atoms with Gasteiger partial charge in [-0.25, -0.2) is 4.98 Å². The Morgan fingerprint density at radius 1 is 1.06 bits per heavy atom. The Morgan fingerprint density at radius 2 is 1.83 bits per heavy atom. The third-order valence-corrected chi connectivity index (χ3v) is 7.81. The van der Waals surface area contributed by atoms with Crippen LogP contribution >= 0.6 is 0 Å². The lowest BCUT2D eigenvalue weighted by atomic mass is 9.97. The smallest absolute Gasteiger partial charge is 0.294 e. The molecular weight excluding hydrogens is 450 g/mol. The standard InChI is InChI=1S/C29H37N5O2/c1-3-32-16-7-9-24(32)18-30-28(35)23-8-6-17-33(20-23)27-29(36)34(19-22-14-12-21(2)13-15-22)26-11-5-4-10-25(26)31-27/h4-5,10-15,23-24H,3,6-9,16-20H2,1-2H3,(H,30,35)/t23-,24+/m1/s1. The van der Waals surface area contributed by atoms with Crippen molar-refractivity contribution in [1.29, 1.82) is 0 Å². The molecule has 1 amide bonds. The van der Waals surface area contributed by atoms with Crippen molar-refractivity contribution >= 4 is 22.8 Å². The topological polar surface area (TPSA) is 70.5 Å². The Balaban J connectivity index is 1.36. The molecule has 0 aliphatic carbocycles. The number of nitrogens with zero attached hydrogens (tertiary/aromatic N) is 4. The first-order valence-electron chi connectivity index (χ1n) is 13.4. The third-order valence-electron chi connectivity index (χ3n) is 7.81. The number of hydrogen-bond donors (Lipinski definition) is 1. The molecule has 1 N–H and O–H groups in total. The van der Waals surface area contributed by atoms with Crippen LogP contribution in [0.1, 0.15) is 43.7 Å². The maximum Gasteiger partial charge on any atom is 0.294 e. The number of rotatable bonds is 7. The van der Waals surface area contributed by atoms with Crippen LogP contribution in [0.4, 0.5) is 5.82 Å². The average Bonchev–Trinajstić information content (AvgIpc) is 3.37. The van der Waals surface area contributed by atoms with E-state index in [0.717, 1.165) is 55.5 Å². The van der Waals surface area contributed by atoms with Gasteiger partial charge in [-0.3, -0.25) is 19.1 Å². The van der Waals surface area contributed by atoms with Crippen LogP contribution in [0.3, 0.4) is 0 Å². The summed E-state index contributed by atoms with van der Waals surface area (Å²) in [6, 6.07) is 16.5. The lowest BCUT2D eigenvalue weighted by Crippen LogP contribution is -2.48. The van der Waals surface area contributed by atoms with Crippen LogP contribution in [0.5, 0.6) is 0 Å². The summed E-state index contributed by atoms with van der Waals surface area (Å²) in [6.45, 7) is 8.86.